The Morgan fingerprint density at radius 1 is 0.797 bits per heavy atom. The maximum absolute atomic E-state index is 14.1. The monoisotopic (exact) mass is 894 g/mol. The van der Waals surface area contributed by atoms with Gasteiger partial charge >= 0.3 is 11.9 Å². The van der Waals surface area contributed by atoms with Crippen molar-refractivity contribution in [3.05, 3.63) is 65.9 Å². The lowest BCUT2D eigenvalue weighted by molar-refractivity contribution is -0.146. The molecule has 3 aromatic rings. The van der Waals surface area contributed by atoms with Crippen LogP contribution in [0.2, 0.25) is 0 Å². The summed E-state index contributed by atoms with van der Waals surface area (Å²) in [7, 11) is 0. The molecule has 4 rings (SSSR count). The van der Waals surface area contributed by atoms with Crippen LogP contribution in [0.4, 0.5) is 0 Å². The highest BCUT2D eigenvalue weighted by Crippen LogP contribution is 2.22. The molecular weight excluding hydrogens is 837 g/mol. The number of amides is 6. The van der Waals surface area contributed by atoms with Crippen LogP contribution in [0, 0.1) is 5.92 Å². The van der Waals surface area contributed by atoms with Gasteiger partial charge in [-0.05, 0) is 74.3 Å². The van der Waals surface area contributed by atoms with Gasteiger partial charge in [0, 0.05) is 36.5 Å². The van der Waals surface area contributed by atoms with Crippen molar-refractivity contribution in [3.63, 3.8) is 0 Å². The molecule has 6 amide bonds. The summed E-state index contributed by atoms with van der Waals surface area (Å²) in [4.78, 5) is 109. The van der Waals surface area contributed by atoms with Gasteiger partial charge in [0.2, 0.25) is 35.4 Å². The molecule has 0 aliphatic carbocycles. The number of aromatic hydroxyl groups is 1. The standard InChI is InChI=1S/C43H58N8O13/c1-22(2)17-31(48-39(59)32(19-25-20-45-29-8-5-4-7-27(25)29)47-37(57)28(44)18-24-10-12-26(54)13-11-24)38(58)49-33(21-52)40(60)50-36(23(3)53)42(62)51-16-6-9-34(51)41(61)46-30(43(63)64)14-15-35(55)56/h4-5,7-8,10-13,20,22-23,28,30-34,36,45,52-54H,6,9,14-19,21,44H2,1-3H3,(H,46,61)(H,47,57)(H,48,59)(H,49,58)(H,50,60)(H,55,56)(H,63,64)/t23-,28+,30+,31+,32+,33+,34+,36+/m1/s1. The zero-order chi connectivity index (χ0) is 47.2. The van der Waals surface area contributed by atoms with Crippen LogP contribution in [0.5, 0.6) is 5.75 Å². The first-order valence-corrected chi connectivity index (χ1v) is 20.9. The molecule has 348 valence electrons. The van der Waals surface area contributed by atoms with Gasteiger partial charge < -0.3 is 67.7 Å². The van der Waals surface area contributed by atoms with Crippen LogP contribution in [0.1, 0.15) is 64.0 Å². The Hall–Kier alpha value is -6.58. The number of phenols is 1. The number of benzene rings is 2. The van der Waals surface area contributed by atoms with Crippen molar-refractivity contribution in [3.8, 4) is 5.75 Å². The number of aromatic nitrogens is 1. The minimum atomic E-state index is -1.71. The van der Waals surface area contributed by atoms with Gasteiger partial charge in [-0.3, -0.25) is 33.6 Å². The maximum atomic E-state index is 14.1. The van der Waals surface area contributed by atoms with Crippen molar-refractivity contribution >= 4 is 58.3 Å². The van der Waals surface area contributed by atoms with Crippen molar-refractivity contribution in [2.75, 3.05) is 13.2 Å². The predicted octanol–water partition coefficient (Wildman–Crippen LogP) is -1.23. The summed E-state index contributed by atoms with van der Waals surface area (Å²) in [6.07, 6.45) is -0.340. The number of nitrogens with zero attached hydrogens (tertiary/aromatic N) is 1. The molecule has 1 fully saturated rings. The highest BCUT2D eigenvalue weighted by Gasteiger charge is 2.41. The fourth-order valence-electron chi connectivity index (χ4n) is 7.35. The van der Waals surface area contributed by atoms with E-state index in [9.17, 15) is 58.8 Å². The molecule has 0 unspecified atom stereocenters. The average Bonchev–Trinajstić information content (AvgIpc) is 3.91. The van der Waals surface area contributed by atoms with E-state index in [1.54, 1.807) is 32.2 Å². The fourth-order valence-corrected chi connectivity index (χ4v) is 7.35. The molecule has 64 heavy (non-hydrogen) atoms. The number of hydrogen-bond donors (Lipinski definition) is 12. The Kier molecular flexibility index (Phi) is 18.2. The number of aliphatic hydroxyl groups excluding tert-OH is 2. The van der Waals surface area contributed by atoms with Gasteiger partial charge in [0.25, 0.3) is 0 Å². The van der Waals surface area contributed by atoms with Crippen molar-refractivity contribution in [2.45, 2.75) is 114 Å². The van der Waals surface area contributed by atoms with Crippen LogP contribution in [-0.4, -0.2) is 144 Å². The number of likely N-dealkylation sites (tertiary alicyclic amines) is 1. The normalized spacial score (nSPS) is 17.0. The Morgan fingerprint density at radius 3 is 2.05 bits per heavy atom. The Morgan fingerprint density at radius 2 is 1.42 bits per heavy atom. The van der Waals surface area contributed by atoms with E-state index < -0.39 is 115 Å². The Balaban J connectivity index is 1.48. The van der Waals surface area contributed by atoms with Crippen LogP contribution >= 0.6 is 0 Å². The van der Waals surface area contributed by atoms with Gasteiger partial charge in [0.1, 0.15) is 42.0 Å². The first-order valence-electron chi connectivity index (χ1n) is 20.9. The molecule has 0 bridgehead atoms. The van der Waals surface area contributed by atoms with Gasteiger partial charge in [-0.25, -0.2) is 4.79 Å². The smallest absolute Gasteiger partial charge is 0.326 e. The third kappa shape index (κ3) is 14.0. The number of carbonyl (C=O) groups excluding carboxylic acids is 6. The number of aliphatic hydroxyl groups is 2. The second-order valence-electron chi connectivity index (χ2n) is 16.3. The molecule has 8 atom stereocenters. The number of fused-ring (bicyclic) bond motifs is 1. The van der Waals surface area contributed by atoms with Crippen molar-refractivity contribution in [1.29, 1.82) is 0 Å². The Labute approximate surface area is 368 Å². The van der Waals surface area contributed by atoms with E-state index in [0.29, 0.717) is 17.5 Å². The van der Waals surface area contributed by atoms with Gasteiger partial charge in [-0.2, -0.15) is 0 Å². The summed E-state index contributed by atoms with van der Waals surface area (Å²) in [6, 6.07) is 3.56. The second kappa shape index (κ2) is 23.2. The lowest BCUT2D eigenvalue weighted by Crippen LogP contribution is -2.62. The summed E-state index contributed by atoms with van der Waals surface area (Å²) in [6.45, 7) is 3.75. The highest BCUT2D eigenvalue weighted by molar-refractivity contribution is 5.98. The number of hydrogen-bond acceptors (Lipinski definition) is 12. The van der Waals surface area contributed by atoms with Gasteiger partial charge in [-0.15, -0.1) is 0 Å². The van der Waals surface area contributed by atoms with Crippen molar-refractivity contribution in [2.24, 2.45) is 11.7 Å². The molecule has 1 aliphatic heterocycles. The number of carboxylic acid groups (broad SMARTS) is 2. The number of carboxylic acids is 2. The van der Waals surface area contributed by atoms with Crippen molar-refractivity contribution < 1.29 is 63.9 Å². The number of nitrogens with one attached hydrogen (secondary N) is 6. The molecule has 1 aliphatic rings. The zero-order valence-electron chi connectivity index (χ0n) is 35.8. The van der Waals surface area contributed by atoms with Crippen molar-refractivity contribution in [1.82, 2.24) is 36.5 Å². The van der Waals surface area contributed by atoms with Crippen LogP contribution in [0.15, 0.2) is 54.7 Å². The molecule has 0 radical (unpaired) electrons. The summed E-state index contributed by atoms with van der Waals surface area (Å²) in [5.41, 5.74) is 8.36. The number of H-pyrrole nitrogens is 1. The van der Waals surface area contributed by atoms with Gasteiger partial charge in [-0.1, -0.05) is 44.2 Å². The molecule has 1 aromatic heterocycles. The molecular formula is C43H58N8O13. The van der Waals surface area contributed by atoms with E-state index >= 15 is 0 Å². The molecule has 2 aromatic carbocycles. The first-order chi connectivity index (χ1) is 30.3. The number of carbonyl (C=O) groups is 8. The molecule has 0 spiro atoms. The number of phenolic OH excluding ortho intramolecular Hbond substituents is 1. The van der Waals surface area contributed by atoms with Crippen LogP contribution < -0.4 is 32.3 Å². The number of para-hydroxylation sites is 1. The summed E-state index contributed by atoms with van der Waals surface area (Å²) < 4.78 is 0. The maximum Gasteiger partial charge on any atom is 0.326 e. The van der Waals surface area contributed by atoms with Gasteiger partial charge in [0.05, 0.1) is 18.8 Å². The van der Waals surface area contributed by atoms with E-state index in [2.05, 4.69) is 31.6 Å². The molecule has 0 saturated carbocycles. The second-order valence-corrected chi connectivity index (χ2v) is 16.3. The summed E-state index contributed by atoms with van der Waals surface area (Å²) in [5.74, 6) is -8.15. The van der Waals surface area contributed by atoms with Crippen LogP contribution in [0.25, 0.3) is 10.9 Å². The third-order valence-electron chi connectivity index (χ3n) is 10.8. The minimum absolute atomic E-state index is 0.00821. The van der Waals surface area contributed by atoms with E-state index in [1.165, 1.54) is 19.1 Å². The SMILES string of the molecule is CC(C)C[C@H](NC(=O)[C@H](Cc1c[nH]c2ccccc12)NC(=O)[C@@H](N)Cc1ccc(O)cc1)C(=O)N[C@@H](CO)C(=O)N[C@H](C(=O)N1CCC[C@H]1C(=O)N[C@@H](CCC(=O)O)C(=O)O)[C@@H](C)O. The molecule has 2 heterocycles. The van der Waals surface area contributed by atoms with E-state index in [-0.39, 0.29) is 43.9 Å². The zero-order valence-corrected chi connectivity index (χ0v) is 35.8. The summed E-state index contributed by atoms with van der Waals surface area (Å²) >= 11 is 0. The lowest BCUT2D eigenvalue weighted by Gasteiger charge is -2.31. The van der Waals surface area contributed by atoms with E-state index in [4.69, 9.17) is 10.8 Å². The highest BCUT2D eigenvalue weighted by atomic mass is 16.4. The quantitative estimate of drug-likeness (QED) is 0.0531. The minimum Gasteiger partial charge on any atom is -0.508 e. The summed E-state index contributed by atoms with van der Waals surface area (Å²) in [5, 5.41) is 62.2. The van der Waals surface area contributed by atoms with E-state index in [0.717, 1.165) is 15.8 Å². The molecule has 21 nitrogen and oxygen atoms in total. The number of rotatable bonds is 23. The Bertz CT molecular complexity index is 2140. The lowest BCUT2D eigenvalue weighted by atomic mass is 10.00. The van der Waals surface area contributed by atoms with Gasteiger partial charge in [0.15, 0.2) is 0 Å². The number of aliphatic carboxylic acids is 2. The fraction of sp³-hybridized carbons (Fsp3) is 0.488. The van der Waals surface area contributed by atoms with Crippen LogP contribution in [0.3, 0.4) is 0 Å². The largest absolute Gasteiger partial charge is 0.508 e. The molecule has 13 N–H and O–H groups in total. The first kappa shape index (κ1) is 50.1. The predicted molar refractivity (Wildman–Crippen MR) is 229 cm³/mol. The van der Waals surface area contributed by atoms with Crippen LogP contribution in [-0.2, 0) is 51.2 Å². The average molecular weight is 895 g/mol. The third-order valence-corrected chi connectivity index (χ3v) is 10.8. The number of aromatic amines is 1. The molecule has 1 saturated heterocycles. The topological polar surface area (TPSA) is 343 Å². The molecule has 21 heteroatoms. The van der Waals surface area contributed by atoms with E-state index in [1.807, 2.05) is 24.3 Å². The number of nitrogens with two attached hydrogens (primary N) is 1.